The topological polar surface area (TPSA) is 41.9 Å². The van der Waals surface area contributed by atoms with Gasteiger partial charge in [-0.15, -0.1) is 0 Å². The predicted octanol–water partition coefficient (Wildman–Crippen LogP) is 1.80. The van der Waals surface area contributed by atoms with Crippen LogP contribution in [0.5, 0.6) is 0 Å². The molecule has 0 bridgehead atoms. The maximum absolute atomic E-state index is 4.22. The standard InChI is InChI=1S/C16H26N4/c1-12(7-14-10-19-20(2)11-14)15-8-16(15)18-9-13-3-5-17-6-4-13/h7,10-11,13,15-18H,3-6,8-9H2,1-2H3/b12-7+. The van der Waals surface area contributed by atoms with Crippen molar-refractivity contribution in [2.75, 3.05) is 19.6 Å². The summed E-state index contributed by atoms with van der Waals surface area (Å²) in [4.78, 5) is 0. The van der Waals surface area contributed by atoms with Crippen molar-refractivity contribution >= 4 is 6.08 Å². The molecule has 1 saturated heterocycles. The fourth-order valence-corrected chi connectivity index (χ4v) is 3.21. The molecule has 0 amide bonds. The van der Waals surface area contributed by atoms with Crippen LogP contribution in [0.4, 0.5) is 0 Å². The van der Waals surface area contributed by atoms with Gasteiger partial charge in [-0.1, -0.05) is 11.6 Å². The first-order valence-electron chi connectivity index (χ1n) is 7.83. The molecule has 110 valence electrons. The molecule has 1 aromatic heterocycles. The van der Waals surface area contributed by atoms with E-state index in [9.17, 15) is 0 Å². The van der Waals surface area contributed by atoms with Crippen molar-refractivity contribution in [3.05, 3.63) is 23.5 Å². The summed E-state index contributed by atoms with van der Waals surface area (Å²) in [5, 5.41) is 11.4. The lowest BCUT2D eigenvalue weighted by Gasteiger charge is -2.22. The maximum Gasteiger partial charge on any atom is 0.0562 e. The van der Waals surface area contributed by atoms with E-state index in [0.717, 1.165) is 11.8 Å². The number of nitrogens with one attached hydrogen (secondary N) is 2. The number of aryl methyl sites for hydroxylation is 1. The van der Waals surface area contributed by atoms with Gasteiger partial charge in [0.2, 0.25) is 0 Å². The molecule has 0 spiro atoms. The van der Waals surface area contributed by atoms with Crippen molar-refractivity contribution in [2.24, 2.45) is 18.9 Å². The van der Waals surface area contributed by atoms with Gasteiger partial charge >= 0.3 is 0 Å². The molecule has 2 atom stereocenters. The van der Waals surface area contributed by atoms with E-state index in [1.165, 1.54) is 50.0 Å². The van der Waals surface area contributed by atoms with Gasteiger partial charge < -0.3 is 10.6 Å². The molecular formula is C16H26N4. The summed E-state index contributed by atoms with van der Waals surface area (Å²) in [6, 6.07) is 0.706. The first kappa shape index (κ1) is 13.8. The molecular weight excluding hydrogens is 248 g/mol. The Kier molecular flexibility index (Phi) is 4.22. The Morgan fingerprint density at radius 2 is 2.30 bits per heavy atom. The van der Waals surface area contributed by atoms with E-state index >= 15 is 0 Å². The number of aromatic nitrogens is 2. The molecule has 4 heteroatoms. The molecule has 1 aliphatic carbocycles. The zero-order chi connectivity index (χ0) is 13.9. The SMILES string of the molecule is C/C(=C\c1cnn(C)c1)C1CC1NCC1CCNCC1. The normalized spacial score (nSPS) is 27.8. The van der Waals surface area contributed by atoms with Crippen molar-refractivity contribution in [2.45, 2.75) is 32.2 Å². The third kappa shape index (κ3) is 3.49. The van der Waals surface area contributed by atoms with Crippen molar-refractivity contribution < 1.29 is 0 Å². The van der Waals surface area contributed by atoms with Crippen LogP contribution in [0.1, 0.15) is 31.7 Å². The van der Waals surface area contributed by atoms with Crippen LogP contribution in [0.2, 0.25) is 0 Å². The highest BCUT2D eigenvalue weighted by Crippen LogP contribution is 2.38. The second-order valence-corrected chi connectivity index (χ2v) is 6.39. The summed E-state index contributed by atoms with van der Waals surface area (Å²) in [6.45, 7) is 5.84. The summed E-state index contributed by atoms with van der Waals surface area (Å²) < 4.78 is 1.86. The number of piperidine rings is 1. The highest BCUT2D eigenvalue weighted by molar-refractivity contribution is 5.52. The van der Waals surface area contributed by atoms with Gasteiger partial charge in [0, 0.05) is 24.8 Å². The number of nitrogens with zero attached hydrogens (tertiary/aromatic N) is 2. The van der Waals surface area contributed by atoms with Gasteiger partial charge in [-0.25, -0.2) is 0 Å². The van der Waals surface area contributed by atoms with Crippen LogP contribution in [0.25, 0.3) is 6.08 Å². The molecule has 4 nitrogen and oxygen atoms in total. The summed E-state index contributed by atoms with van der Waals surface area (Å²) in [5.74, 6) is 1.61. The Morgan fingerprint density at radius 3 is 3.00 bits per heavy atom. The van der Waals surface area contributed by atoms with E-state index in [4.69, 9.17) is 0 Å². The highest BCUT2D eigenvalue weighted by Gasteiger charge is 2.38. The largest absolute Gasteiger partial charge is 0.317 e. The van der Waals surface area contributed by atoms with Crippen LogP contribution >= 0.6 is 0 Å². The van der Waals surface area contributed by atoms with Crippen LogP contribution in [0.3, 0.4) is 0 Å². The van der Waals surface area contributed by atoms with E-state index < -0.39 is 0 Å². The monoisotopic (exact) mass is 274 g/mol. The fourth-order valence-electron chi connectivity index (χ4n) is 3.21. The van der Waals surface area contributed by atoms with Crippen LogP contribution < -0.4 is 10.6 Å². The Labute approximate surface area is 121 Å². The van der Waals surface area contributed by atoms with Crippen molar-refractivity contribution in [1.82, 2.24) is 20.4 Å². The van der Waals surface area contributed by atoms with E-state index in [0.29, 0.717) is 6.04 Å². The lowest BCUT2D eigenvalue weighted by Crippen LogP contribution is -2.34. The minimum absolute atomic E-state index is 0.706. The molecule has 2 fully saturated rings. The van der Waals surface area contributed by atoms with Crippen LogP contribution in [-0.4, -0.2) is 35.5 Å². The molecule has 2 aliphatic rings. The zero-order valence-corrected chi connectivity index (χ0v) is 12.6. The van der Waals surface area contributed by atoms with E-state index in [2.05, 4.69) is 34.9 Å². The lowest BCUT2D eigenvalue weighted by atomic mass is 9.98. The molecule has 0 aromatic carbocycles. The second kappa shape index (κ2) is 6.10. The molecule has 2 N–H and O–H groups in total. The summed E-state index contributed by atoms with van der Waals surface area (Å²) in [7, 11) is 1.97. The number of hydrogen-bond donors (Lipinski definition) is 2. The maximum atomic E-state index is 4.22. The summed E-state index contributed by atoms with van der Waals surface area (Å²) in [5.41, 5.74) is 2.70. The van der Waals surface area contributed by atoms with Gasteiger partial charge in [0.15, 0.2) is 0 Å². The first-order valence-corrected chi connectivity index (χ1v) is 7.83. The summed E-state index contributed by atoms with van der Waals surface area (Å²) in [6.07, 6.45) is 10.2. The predicted molar refractivity (Wildman–Crippen MR) is 82.4 cm³/mol. The van der Waals surface area contributed by atoms with Gasteiger partial charge in [-0.2, -0.15) is 5.10 Å². The van der Waals surface area contributed by atoms with Crippen molar-refractivity contribution in [1.29, 1.82) is 0 Å². The van der Waals surface area contributed by atoms with E-state index in [1.54, 1.807) is 0 Å². The van der Waals surface area contributed by atoms with E-state index in [-0.39, 0.29) is 0 Å². The van der Waals surface area contributed by atoms with Gasteiger partial charge in [0.1, 0.15) is 0 Å². The van der Waals surface area contributed by atoms with Gasteiger partial charge in [0.05, 0.1) is 6.20 Å². The van der Waals surface area contributed by atoms with Gasteiger partial charge in [-0.05, 0) is 57.7 Å². The zero-order valence-electron chi connectivity index (χ0n) is 12.6. The molecule has 20 heavy (non-hydrogen) atoms. The average Bonchev–Trinajstić information content (AvgIpc) is 3.13. The van der Waals surface area contributed by atoms with Crippen LogP contribution in [-0.2, 0) is 7.05 Å². The minimum Gasteiger partial charge on any atom is -0.317 e. The Hall–Kier alpha value is -1.13. The highest BCUT2D eigenvalue weighted by atomic mass is 15.2. The molecule has 3 rings (SSSR count). The van der Waals surface area contributed by atoms with Crippen molar-refractivity contribution in [3.63, 3.8) is 0 Å². The van der Waals surface area contributed by atoms with Crippen LogP contribution in [0, 0.1) is 11.8 Å². The minimum atomic E-state index is 0.706. The van der Waals surface area contributed by atoms with Gasteiger partial charge in [0.25, 0.3) is 0 Å². The third-order valence-corrected chi connectivity index (χ3v) is 4.62. The van der Waals surface area contributed by atoms with Crippen molar-refractivity contribution in [3.8, 4) is 0 Å². The third-order valence-electron chi connectivity index (χ3n) is 4.62. The average molecular weight is 274 g/mol. The quantitative estimate of drug-likeness (QED) is 0.860. The Bertz CT molecular complexity index is 471. The lowest BCUT2D eigenvalue weighted by molar-refractivity contribution is 0.354. The Balaban J connectivity index is 1.45. The van der Waals surface area contributed by atoms with E-state index in [1.807, 2.05) is 17.9 Å². The smallest absolute Gasteiger partial charge is 0.0562 e. The Morgan fingerprint density at radius 1 is 1.50 bits per heavy atom. The molecule has 1 aromatic rings. The fraction of sp³-hybridized carbons (Fsp3) is 0.688. The molecule has 2 unspecified atom stereocenters. The number of rotatable bonds is 5. The van der Waals surface area contributed by atoms with Gasteiger partial charge in [-0.3, -0.25) is 4.68 Å². The summed E-state index contributed by atoms with van der Waals surface area (Å²) >= 11 is 0. The molecule has 0 radical (unpaired) electrons. The number of hydrogen-bond acceptors (Lipinski definition) is 3. The first-order chi connectivity index (χ1) is 9.72. The second-order valence-electron chi connectivity index (χ2n) is 6.39. The molecule has 1 saturated carbocycles. The van der Waals surface area contributed by atoms with Crippen LogP contribution in [0.15, 0.2) is 18.0 Å². The molecule has 1 aliphatic heterocycles. The molecule has 2 heterocycles.